The minimum atomic E-state index is -1.31. The molecule has 2 atom stereocenters. The van der Waals surface area contributed by atoms with Crippen LogP contribution in [0.3, 0.4) is 0 Å². The van der Waals surface area contributed by atoms with Crippen LogP contribution < -0.4 is 11.1 Å². The van der Waals surface area contributed by atoms with Gasteiger partial charge in [0.15, 0.2) is 11.4 Å². The number of hydrogen-bond donors (Lipinski definition) is 2. The first-order valence-corrected chi connectivity index (χ1v) is 9.54. The van der Waals surface area contributed by atoms with Crippen LogP contribution >= 0.6 is 11.6 Å². The highest BCUT2D eigenvalue weighted by molar-refractivity contribution is 6.31. The molecule has 29 heavy (non-hydrogen) atoms. The van der Waals surface area contributed by atoms with Crippen LogP contribution in [0.1, 0.15) is 24.0 Å². The maximum Gasteiger partial charge on any atom is 0.412 e. The van der Waals surface area contributed by atoms with Crippen LogP contribution in [0.5, 0.6) is 0 Å². The number of fused-ring (bicyclic) bond motifs is 2. The Morgan fingerprint density at radius 1 is 1.41 bits per heavy atom. The van der Waals surface area contributed by atoms with Gasteiger partial charge in [0.1, 0.15) is 6.33 Å². The summed E-state index contributed by atoms with van der Waals surface area (Å²) < 4.78 is 20.5. The van der Waals surface area contributed by atoms with Gasteiger partial charge in [0.25, 0.3) is 0 Å². The second-order valence-corrected chi connectivity index (χ2v) is 7.62. The number of anilines is 1. The first-order chi connectivity index (χ1) is 13.9. The van der Waals surface area contributed by atoms with E-state index in [4.69, 9.17) is 22.1 Å². The van der Waals surface area contributed by atoms with Crippen LogP contribution in [0.2, 0.25) is 5.02 Å². The van der Waals surface area contributed by atoms with E-state index in [9.17, 15) is 14.0 Å². The van der Waals surface area contributed by atoms with Crippen LogP contribution in [0.4, 0.5) is 14.9 Å². The number of amides is 2. The summed E-state index contributed by atoms with van der Waals surface area (Å²) in [6.45, 7) is 0.435. The Hall–Kier alpha value is -2.78. The first kappa shape index (κ1) is 19.5. The Morgan fingerprint density at radius 3 is 2.93 bits per heavy atom. The fraction of sp³-hybridized carbons (Fsp3) is 0.368. The van der Waals surface area contributed by atoms with E-state index in [-0.39, 0.29) is 29.5 Å². The van der Waals surface area contributed by atoms with Gasteiger partial charge in [-0.05, 0) is 37.0 Å². The molecule has 1 saturated heterocycles. The number of rotatable bonds is 3. The van der Waals surface area contributed by atoms with E-state index < -0.39 is 23.6 Å². The summed E-state index contributed by atoms with van der Waals surface area (Å²) >= 11 is 5.97. The van der Waals surface area contributed by atoms with Crippen LogP contribution in [-0.2, 0) is 21.6 Å². The van der Waals surface area contributed by atoms with E-state index in [1.54, 1.807) is 12.4 Å². The van der Waals surface area contributed by atoms with E-state index in [0.29, 0.717) is 25.1 Å². The van der Waals surface area contributed by atoms with Crippen LogP contribution in [0.15, 0.2) is 30.9 Å². The molecule has 10 heteroatoms. The van der Waals surface area contributed by atoms with Crippen molar-refractivity contribution in [2.45, 2.75) is 30.9 Å². The third-order valence-electron chi connectivity index (χ3n) is 5.23. The summed E-state index contributed by atoms with van der Waals surface area (Å²) in [4.78, 5) is 34.4. The van der Waals surface area contributed by atoms with Gasteiger partial charge in [0.05, 0.1) is 28.9 Å². The number of benzene rings is 1. The molecule has 4 rings (SSSR count). The van der Waals surface area contributed by atoms with Crippen molar-refractivity contribution < 1.29 is 18.7 Å². The van der Waals surface area contributed by atoms with Gasteiger partial charge in [-0.25, -0.2) is 19.2 Å². The van der Waals surface area contributed by atoms with Gasteiger partial charge >= 0.3 is 6.09 Å². The van der Waals surface area contributed by atoms with Gasteiger partial charge < -0.3 is 15.4 Å². The molecule has 0 aliphatic carbocycles. The average molecular weight is 420 g/mol. The Bertz CT molecular complexity index is 960. The third kappa shape index (κ3) is 3.63. The lowest BCUT2D eigenvalue weighted by molar-refractivity contribution is -0.140. The molecule has 0 saturated carbocycles. The second kappa shape index (κ2) is 7.57. The van der Waals surface area contributed by atoms with Crippen molar-refractivity contribution in [3.63, 3.8) is 0 Å². The topological polar surface area (TPSA) is 110 Å². The summed E-state index contributed by atoms with van der Waals surface area (Å²) in [5.74, 6) is -0.976. The van der Waals surface area contributed by atoms with Crippen LogP contribution in [-0.4, -0.2) is 46.0 Å². The highest BCUT2D eigenvalue weighted by Crippen LogP contribution is 2.45. The SMILES string of the molecule is NC(Cc1cncnc1)C(=O)N1CCCC2(C1)OC(=O)Nc1ccc(Cl)c(F)c12. The lowest BCUT2D eigenvalue weighted by atomic mass is 9.83. The quantitative estimate of drug-likeness (QED) is 0.789. The number of carbonyl (C=O) groups excluding carboxylic acids is 2. The number of nitrogens with one attached hydrogen (secondary N) is 1. The Kier molecular flexibility index (Phi) is 5.10. The van der Waals surface area contributed by atoms with Gasteiger partial charge in [-0.2, -0.15) is 0 Å². The zero-order chi connectivity index (χ0) is 20.6. The highest BCUT2D eigenvalue weighted by atomic mass is 35.5. The number of nitrogens with two attached hydrogens (primary N) is 1. The molecule has 2 aromatic rings. The number of likely N-dealkylation sites (tertiary alicyclic amines) is 1. The molecule has 1 spiro atoms. The molecule has 2 aliphatic rings. The summed E-state index contributed by atoms with van der Waals surface area (Å²) in [5, 5.41) is 2.42. The Balaban J connectivity index is 1.61. The standard InChI is InChI=1S/C19H19ClFN5O3/c20-12-2-3-14-15(16(12)21)19(29-18(28)25-14)4-1-5-26(9-19)17(27)13(22)6-11-7-23-10-24-8-11/h2-3,7-8,10,13H,1,4-6,9,22H2,(H,25,28). The number of nitrogens with zero attached hydrogens (tertiary/aromatic N) is 3. The Morgan fingerprint density at radius 2 is 2.17 bits per heavy atom. The molecule has 1 fully saturated rings. The first-order valence-electron chi connectivity index (χ1n) is 9.16. The zero-order valence-electron chi connectivity index (χ0n) is 15.4. The van der Waals surface area contributed by atoms with Crippen molar-refractivity contribution in [2.75, 3.05) is 18.4 Å². The molecule has 8 nitrogen and oxygen atoms in total. The number of aromatic nitrogens is 2. The van der Waals surface area contributed by atoms with Crippen molar-refractivity contribution in [3.8, 4) is 0 Å². The molecule has 1 aromatic carbocycles. The van der Waals surface area contributed by atoms with Gasteiger partial charge in [0, 0.05) is 18.9 Å². The largest absolute Gasteiger partial charge is 0.436 e. The lowest BCUT2D eigenvalue weighted by Crippen LogP contribution is -2.56. The predicted octanol–water partition coefficient (Wildman–Crippen LogP) is 2.22. The summed E-state index contributed by atoms with van der Waals surface area (Å²) in [7, 11) is 0. The van der Waals surface area contributed by atoms with E-state index >= 15 is 0 Å². The van der Waals surface area contributed by atoms with E-state index in [1.165, 1.54) is 23.4 Å². The van der Waals surface area contributed by atoms with E-state index in [2.05, 4.69) is 15.3 Å². The minimum Gasteiger partial charge on any atom is -0.436 e. The number of piperidine rings is 1. The smallest absolute Gasteiger partial charge is 0.412 e. The maximum atomic E-state index is 14.9. The van der Waals surface area contributed by atoms with Gasteiger partial charge in [-0.3, -0.25) is 10.1 Å². The summed E-state index contributed by atoms with van der Waals surface area (Å²) in [6, 6.07) is 2.08. The second-order valence-electron chi connectivity index (χ2n) is 7.21. The highest BCUT2D eigenvalue weighted by Gasteiger charge is 2.48. The van der Waals surface area contributed by atoms with Crippen molar-refractivity contribution in [3.05, 3.63) is 52.8 Å². The summed E-state index contributed by atoms with van der Waals surface area (Å²) in [5.41, 5.74) is 5.99. The van der Waals surface area contributed by atoms with Gasteiger partial charge in [-0.1, -0.05) is 11.6 Å². The van der Waals surface area contributed by atoms with Gasteiger partial charge in [0.2, 0.25) is 5.91 Å². The average Bonchev–Trinajstić information content (AvgIpc) is 2.70. The Labute approximate surface area is 171 Å². The maximum absolute atomic E-state index is 14.9. The lowest BCUT2D eigenvalue weighted by Gasteiger charge is -2.45. The third-order valence-corrected chi connectivity index (χ3v) is 5.52. The monoisotopic (exact) mass is 419 g/mol. The van der Waals surface area contributed by atoms with Crippen molar-refractivity contribution in [1.29, 1.82) is 0 Å². The van der Waals surface area contributed by atoms with Crippen LogP contribution in [0, 0.1) is 5.82 Å². The molecular weight excluding hydrogens is 401 g/mol. The number of hydrogen-bond acceptors (Lipinski definition) is 6. The minimum absolute atomic E-state index is 0.00249. The van der Waals surface area contributed by atoms with Crippen molar-refractivity contribution in [2.24, 2.45) is 5.73 Å². The predicted molar refractivity (Wildman–Crippen MR) is 103 cm³/mol. The van der Waals surface area contributed by atoms with E-state index in [0.717, 1.165) is 5.56 Å². The molecule has 2 unspecified atom stereocenters. The zero-order valence-corrected chi connectivity index (χ0v) is 16.2. The van der Waals surface area contributed by atoms with Gasteiger partial charge in [-0.15, -0.1) is 0 Å². The molecule has 2 amide bonds. The van der Waals surface area contributed by atoms with E-state index in [1.807, 2.05) is 0 Å². The summed E-state index contributed by atoms with van der Waals surface area (Å²) in [6.07, 6.45) is 5.05. The molecule has 1 aromatic heterocycles. The number of ether oxygens (including phenoxy) is 1. The molecule has 0 radical (unpaired) electrons. The number of carbonyl (C=O) groups is 2. The van der Waals surface area contributed by atoms with Crippen molar-refractivity contribution >= 4 is 29.3 Å². The van der Waals surface area contributed by atoms with Crippen LogP contribution in [0.25, 0.3) is 0 Å². The fourth-order valence-corrected chi connectivity index (χ4v) is 4.13. The fourth-order valence-electron chi connectivity index (χ4n) is 3.97. The molecule has 3 N–H and O–H groups in total. The molecule has 3 heterocycles. The molecular formula is C19H19ClFN5O3. The number of halogens is 2. The molecule has 0 bridgehead atoms. The normalized spacial score (nSPS) is 21.9. The van der Waals surface area contributed by atoms with Crippen molar-refractivity contribution in [1.82, 2.24) is 14.9 Å². The molecule has 152 valence electrons. The molecule has 2 aliphatic heterocycles.